The Morgan fingerprint density at radius 3 is 2.74 bits per heavy atom. The van der Waals surface area contributed by atoms with E-state index < -0.39 is 0 Å². The second-order valence-corrected chi connectivity index (χ2v) is 6.60. The summed E-state index contributed by atoms with van der Waals surface area (Å²) in [4.78, 5) is 12.5. The van der Waals surface area contributed by atoms with Crippen molar-refractivity contribution in [3.8, 4) is 0 Å². The first-order chi connectivity index (χ1) is 8.74. The van der Waals surface area contributed by atoms with E-state index in [1.54, 1.807) is 0 Å². The fourth-order valence-electron chi connectivity index (χ4n) is 2.94. The van der Waals surface area contributed by atoms with Gasteiger partial charge in [-0.15, -0.1) is 0 Å². The molecular formula is C14H25N3OS. The van der Waals surface area contributed by atoms with Crippen LogP contribution in [-0.2, 0) is 4.79 Å². The van der Waals surface area contributed by atoms with Crippen molar-refractivity contribution in [2.45, 2.75) is 46.6 Å². The van der Waals surface area contributed by atoms with Gasteiger partial charge in [-0.25, -0.2) is 5.43 Å². The summed E-state index contributed by atoms with van der Waals surface area (Å²) in [6, 6.07) is 0.00269. The second-order valence-electron chi connectivity index (χ2n) is 6.16. The topological polar surface area (TPSA) is 67.2 Å². The van der Waals surface area contributed by atoms with Gasteiger partial charge in [-0.2, -0.15) is 0 Å². The largest absolute Gasteiger partial charge is 0.375 e. The van der Waals surface area contributed by atoms with Gasteiger partial charge >= 0.3 is 0 Å². The summed E-state index contributed by atoms with van der Waals surface area (Å²) < 4.78 is 0. The monoisotopic (exact) mass is 283 g/mol. The molecule has 0 heterocycles. The summed E-state index contributed by atoms with van der Waals surface area (Å²) in [6.07, 6.45) is 5.77. The number of hydrazine groups is 1. The Hall–Kier alpha value is -0.940. The van der Waals surface area contributed by atoms with Crippen LogP contribution in [0.3, 0.4) is 0 Å². The first-order valence-electron chi connectivity index (χ1n) is 6.74. The number of carbonyl (C=O) groups excluding carboxylic acids is 1. The number of ketones is 1. The van der Waals surface area contributed by atoms with Gasteiger partial charge in [-0.05, 0) is 36.9 Å². The molecular weight excluding hydrogens is 258 g/mol. The Bertz CT molecular complexity index is 379. The molecule has 0 saturated carbocycles. The van der Waals surface area contributed by atoms with Crippen LogP contribution in [0.25, 0.3) is 0 Å². The third-order valence-electron chi connectivity index (χ3n) is 3.75. The molecule has 0 radical (unpaired) electrons. The van der Waals surface area contributed by atoms with Crippen LogP contribution < -0.4 is 16.6 Å². The van der Waals surface area contributed by atoms with E-state index in [-0.39, 0.29) is 22.5 Å². The number of hydrogen-bond donors (Lipinski definition) is 3. The number of nitrogens with one attached hydrogen (secondary N) is 2. The Morgan fingerprint density at radius 2 is 2.21 bits per heavy atom. The molecule has 0 amide bonds. The van der Waals surface area contributed by atoms with E-state index in [1.807, 2.05) is 6.92 Å². The Balaban J connectivity index is 2.61. The number of carbonyl (C=O) groups is 1. The molecule has 108 valence electrons. The van der Waals surface area contributed by atoms with Crippen LogP contribution >= 0.6 is 12.2 Å². The molecule has 0 aromatic heterocycles. The molecule has 1 aliphatic rings. The molecule has 3 atom stereocenters. The summed E-state index contributed by atoms with van der Waals surface area (Å²) in [5.41, 5.74) is 11.0. The zero-order valence-corrected chi connectivity index (χ0v) is 13.0. The van der Waals surface area contributed by atoms with Gasteiger partial charge in [0.25, 0.3) is 0 Å². The van der Waals surface area contributed by atoms with Crippen molar-refractivity contribution in [2.24, 2.45) is 23.0 Å². The molecule has 0 spiro atoms. The van der Waals surface area contributed by atoms with Crippen molar-refractivity contribution in [2.75, 3.05) is 0 Å². The van der Waals surface area contributed by atoms with E-state index in [1.165, 1.54) is 0 Å². The van der Waals surface area contributed by atoms with Crippen molar-refractivity contribution in [1.82, 2.24) is 10.9 Å². The smallest absolute Gasteiger partial charge is 0.178 e. The van der Waals surface area contributed by atoms with E-state index in [9.17, 15) is 4.79 Å². The molecule has 1 rings (SSSR count). The molecule has 1 aliphatic carbocycles. The van der Waals surface area contributed by atoms with Crippen LogP contribution in [0.4, 0.5) is 0 Å². The first kappa shape index (κ1) is 16.1. The Morgan fingerprint density at radius 1 is 1.58 bits per heavy atom. The fraction of sp³-hybridized carbons (Fsp3) is 0.714. The molecule has 4 nitrogen and oxygen atoms in total. The lowest BCUT2D eigenvalue weighted by Gasteiger charge is -2.39. The second kappa shape index (κ2) is 6.48. The molecule has 0 aliphatic heterocycles. The molecule has 5 heteroatoms. The summed E-state index contributed by atoms with van der Waals surface area (Å²) in [5.74, 6) is 0.671. The maximum absolute atomic E-state index is 12.5. The minimum absolute atomic E-state index is 0.00269. The quantitative estimate of drug-likeness (QED) is 0.408. The van der Waals surface area contributed by atoms with E-state index in [0.717, 1.165) is 6.42 Å². The van der Waals surface area contributed by atoms with Crippen LogP contribution in [0.15, 0.2) is 12.2 Å². The van der Waals surface area contributed by atoms with Gasteiger partial charge in [0, 0.05) is 18.4 Å². The standard InChI is InChI=1S/C14H25N3OS/c1-9-6-5-7-14(3,4)12(9)11(18)8-10(2)16-17-13(15)19/h5-6,9-10,12,16H,7-8H2,1-4H3,(H3,15,17,19)/t9-,10-,12-/m1/s1. The van der Waals surface area contributed by atoms with Crippen molar-refractivity contribution in [3.63, 3.8) is 0 Å². The van der Waals surface area contributed by atoms with E-state index in [2.05, 4.69) is 43.8 Å². The highest BCUT2D eigenvalue weighted by atomic mass is 32.1. The third kappa shape index (κ3) is 4.58. The Labute approximate surface area is 121 Å². The van der Waals surface area contributed by atoms with E-state index in [4.69, 9.17) is 18.0 Å². The molecule has 0 fully saturated rings. The minimum atomic E-state index is 0.00269. The summed E-state index contributed by atoms with van der Waals surface area (Å²) in [6.45, 7) is 8.40. The van der Waals surface area contributed by atoms with Crippen molar-refractivity contribution >= 4 is 23.1 Å². The average Bonchev–Trinajstić information content (AvgIpc) is 2.24. The van der Waals surface area contributed by atoms with Gasteiger partial charge in [0.15, 0.2) is 5.11 Å². The zero-order valence-electron chi connectivity index (χ0n) is 12.2. The molecule has 0 saturated heterocycles. The van der Waals surface area contributed by atoms with Crippen LogP contribution in [0.1, 0.15) is 40.5 Å². The molecule has 4 N–H and O–H groups in total. The van der Waals surface area contributed by atoms with Crippen molar-refractivity contribution in [3.05, 3.63) is 12.2 Å². The molecule has 19 heavy (non-hydrogen) atoms. The minimum Gasteiger partial charge on any atom is -0.375 e. The average molecular weight is 283 g/mol. The number of thiocarbonyl (C=S) groups is 1. The predicted octanol–water partition coefficient (Wildman–Crippen LogP) is 1.91. The first-order valence-corrected chi connectivity index (χ1v) is 7.15. The number of rotatable bonds is 5. The maximum atomic E-state index is 12.5. The number of Topliss-reactive ketones (excluding diaryl/α,β-unsaturated/α-hetero) is 1. The highest BCUT2D eigenvalue weighted by Crippen LogP contribution is 2.41. The summed E-state index contributed by atoms with van der Waals surface area (Å²) >= 11 is 4.72. The zero-order chi connectivity index (χ0) is 14.6. The SMILES string of the molecule is C[C@H](CC(=O)[C@H]1[C@H](C)C=CCC1(C)C)NNC(N)=S. The van der Waals surface area contributed by atoms with Gasteiger partial charge in [-0.3, -0.25) is 10.2 Å². The number of hydrogen-bond acceptors (Lipinski definition) is 3. The van der Waals surface area contributed by atoms with Gasteiger partial charge < -0.3 is 5.73 Å². The number of allylic oxidation sites excluding steroid dienone is 2. The van der Waals surface area contributed by atoms with Crippen LogP contribution in [-0.4, -0.2) is 16.9 Å². The lowest BCUT2D eigenvalue weighted by molar-refractivity contribution is -0.128. The maximum Gasteiger partial charge on any atom is 0.178 e. The lowest BCUT2D eigenvalue weighted by Crippen LogP contribution is -2.47. The van der Waals surface area contributed by atoms with Gasteiger partial charge in [0.2, 0.25) is 0 Å². The van der Waals surface area contributed by atoms with Crippen molar-refractivity contribution < 1.29 is 4.79 Å². The number of nitrogens with two attached hydrogens (primary N) is 1. The highest BCUT2D eigenvalue weighted by Gasteiger charge is 2.39. The molecule has 0 aromatic rings. The Kier molecular flexibility index (Phi) is 5.50. The van der Waals surface area contributed by atoms with Gasteiger partial charge in [-0.1, -0.05) is 32.9 Å². The van der Waals surface area contributed by atoms with Crippen LogP contribution in [0.2, 0.25) is 0 Å². The molecule has 0 bridgehead atoms. The lowest BCUT2D eigenvalue weighted by atomic mass is 9.65. The van der Waals surface area contributed by atoms with Crippen molar-refractivity contribution in [1.29, 1.82) is 0 Å². The fourth-order valence-corrected chi connectivity index (χ4v) is 3.00. The van der Waals surface area contributed by atoms with Crippen LogP contribution in [0.5, 0.6) is 0 Å². The van der Waals surface area contributed by atoms with Crippen LogP contribution in [0, 0.1) is 17.3 Å². The third-order valence-corrected chi connectivity index (χ3v) is 3.85. The highest BCUT2D eigenvalue weighted by molar-refractivity contribution is 7.80. The molecule has 0 unspecified atom stereocenters. The summed E-state index contributed by atoms with van der Waals surface area (Å²) in [5, 5.41) is 0.189. The normalized spacial score (nSPS) is 26.7. The van der Waals surface area contributed by atoms with E-state index in [0.29, 0.717) is 18.1 Å². The predicted molar refractivity (Wildman–Crippen MR) is 82.3 cm³/mol. The van der Waals surface area contributed by atoms with Gasteiger partial charge in [0.05, 0.1) is 0 Å². The van der Waals surface area contributed by atoms with Gasteiger partial charge in [0.1, 0.15) is 5.78 Å². The summed E-state index contributed by atoms with van der Waals surface area (Å²) in [7, 11) is 0. The molecule has 0 aromatic carbocycles. The van der Waals surface area contributed by atoms with E-state index >= 15 is 0 Å².